The van der Waals surface area contributed by atoms with Gasteiger partial charge in [-0.25, -0.2) is 9.97 Å². The van der Waals surface area contributed by atoms with Crippen molar-refractivity contribution in [3.63, 3.8) is 0 Å². The van der Waals surface area contributed by atoms with Gasteiger partial charge in [-0.05, 0) is 140 Å². The topological polar surface area (TPSA) is 96.5 Å². The molecule has 4 aromatic heterocycles. The Morgan fingerprint density at radius 3 is 1.45 bits per heavy atom. The van der Waals surface area contributed by atoms with E-state index in [1.807, 2.05) is 12.3 Å². The smallest absolute Gasteiger partial charge is 0.308 e. The second-order valence-corrected chi connectivity index (χ2v) is 17.4. The molecule has 0 spiro atoms. The van der Waals surface area contributed by atoms with Crippen molar-refractivity contribution in [3.05, 3.63) is 160 Å². The molecule has 7 heteroatoms. The van der Waals surface area contributed by atoms with Crippen molar-refractivity contribution in [2.24, 2.45) is 5.92 Å². The predicted octanol–water partition coefficient (Wildman–Crippen LogP) is 14.7. The molecule has 1 atom stereocenters. The van der Waals surface area contributed by atoms with Crippen molar-refractivity contribution in [3.8, 4) is 44.6 Å². The third-order valence-electron chi connectivity index (χ3n) is 13.1. The monoisotopic (exact) mass is 855 g/mol. The van der Waals surface area contributed by atoms with Gasteiger partial charge in [0.25, 0.3) is 0 Å². The number of aryl methyl sites for hydroxylation is 4. The summed E-state index contributed by atoms with van der Waals surface area (Å²) in [5.41, 5.74) is 20.0. The normalized spacial score (nSPS) is 12.4. The summed E-state index contributed by atoms with van der Waals surface area (Å²) >= 11 is 0. The Bertz CT molecular complexity index is 3090. The van der Waals surface area contributed by atoms with Gasteiger partial charge in [-0.3, -0.25) is 9.78 Å². The zero-order chi connectivity index (χ0) is 44.9. The zero-order valence-electron chi connectivity index (χ0n) is 38.2. The Labute approximate surface area is 382 Å². The summed E-state index contributed by atoms with van der Waals surface area (Å²) in [7, 11) is 1.51. The Morgan fingerprint density at radius 2 is 0.985 bits per heavy atom. The maximum atomic E-state index is 12.9. The number of methoxy groups -OCH3 is 1. The Balaban J connectivity index is 1.32. The van der Waals surface area contributed by atoms with Gasteiger partial charge in [0.05, 0.1) is 47.0 Å². The van der Waals surface area contributed by atoms with Crippen LogP contribution in [0.4, 0.5) is 0 Å². The number of nitrogens with zero attached hydrogens (tertiary/aromatic N) is 3. The average Bonchev–Trinajstić information content (AvgIpc) is 4.18. The number of hydrogen-bond donors (Lipinski definition) is 2. The van der Waals surface area contributed by atoms with Gasteiger partial charge in [-0.1, -0.05) is 111 Å². The molecular weight excluding hydrogens is 799 g/mol. The summed E-state index contributed by atoms with van der Waals surface area (Å²) in [4.78, 5) is 36.9. The van der Waals surface area contributed by atoms with Crippen LogP contribution in [0, 0.1) is 26.7 Å². The zero-order valence-corrected chi connectivity index (χ0v) is 38.2. The number of H-pyrrole nitrogens is 2. The number of fused-ring (bicyclic) bond motifs is 8. The summed E-state index contributed by atoms with van der Waals surface area (Å²) < 4.78 is 5.29. The Kier molecular flexibility index (Phi) is 12.8. The minimum Gasteiger partial charge on any atom is -0.469 e. The van der Waals surface area contributed by atoms with Crippen LogP contribution in [0.25, 0.3) is 91.0 Å². The summed E-state index contributed by atoms with van der Waals surface area (Å²) in [5.74, 6) is -0.230. The molecule has 7 aromatic rings. The van der Waals surface area contributed by atoms with Crippen LogP contribution in [0.5, 0.6) is 0 Å². The second kappa shape index (κ2) is 19.3. The van der Waals surface area contributed by atoms with E-state index in [4.69, 9.17) is 19.7 Å². The molecule has 3 aromatic carbocycles. The molecule has 0 fully saturated rings. The molecule has 2 aliphatic rings. The Hall–Kier alpha value is -7.12. The molecule has 2 aliphatic heterocycles. The predicted molar refractivity (Wildman–Crippen MR) is 270 cm³/mol. The fourth-order valence-corrected chi connectivity index (χ4v) is 9.63. The number of esters is 1. The number of benzene rings is 3. The highest BCUT2D eigenvalue weighted by Gasteiger charge is 2.23. The maximum absolute atomic E-state index is 12.9. The lowest BCUT2D eigenvalue weighted by Gasteiger charge is -2.15. The number of aromatic amines is 2. The molecule has 8 bridgehead atoms. The number of carbonyl (C=O) groups is 1. The van der Waals surface area contributed by atoms with Crippen molar-refractivity contribution in [1.82, 2.24) is 24.9 Å². The van der Waals surface area contributed by atoms with E-state index >= 15 is 0 Å². The summed E-state index contributed by atoms with van der Waals surface area (Å²) in [6.07, 6.45) is 18.2. The van der Waals surface area contributed by atoms with Gasteiger partial charge >= 0.3 is 5.97 Å². The van der Waals surface area contributed by atoms with Crippen molar-refractivity contribution < 1.29 is 9.53 Å². The number of aromatic nitrogens is 5. The van der Waals surface area contributed by atoms with E-state index in [0.717, 1.165) is 151 Å². The van der Waals surface area contributed by atoms with E-state index < -0.39 is 0 Å². The van der Waals surface area contributed by atoms with Crippen LogP contribution in [0.3, 0.4) is 0 Å². The van der Waals surface area contributed by atoms with Crippen molar-refractivity contribution in [2.75, 3.05) is 7.11 Å². The van der Waals surface area contributed by atoms with E-state index in [2.05, 4.69) is 165 Å². The lowest BCUT2D eigenvalue weighted by atomic mass is 9.93. The second-order valence-electron chi connectivity index (χ2n) is 17.4. The highest BCUT2D eigenvalue weighted by Crippen LogP contribution is 2.40. The molecule has 1 unspecified atom stereocenters. The van der Waals surface area contributed by atoms with Crippen molar-refractivity contribution in [2.45, 2.75) is 79.1 Å². The number of rotatable bonds is 14. The first kappa shape index (κ1) is 43.1. The number of hydrogen-bond acceptors (Lipinski definition) is 5. The molecule has 6 heterocycles. The molecule has 326 valence electrons. The first-order chi connectivity index (χ1) is 31.8. The molecule has 7 nitrogen and oxygen atoms in total. The van der Waals surface area contributed by atoms with E-state index in [-0.39, 0.29) is 11.9 Å². The molecule has 0 radical (unpaired) electrons. The number of carbonyl (C=O) groups excluding carboxylic acids is 1. The van der Waals surface area contributed by atoms with Crippen LogP contribution in [0.1, 0.15) is 96.9 Å². The van der Waals surface area contributed by atoms with E-state index in [1.54, 1.807) is 0 Å². The Morgan fingerprint density at radius 1 is 0.538 bits per heavy atom. The van der Waals surface area contributed by atoms with Gasteiger partial charge < -0.3 is 14.7 Å². The summed E-state index contributed by atoms with van der Waals surface area (Å²) in [5, 5.41) is 0. The van der Waals surface area contributed by atoms with Gasteiger partial charge in [0.1, 0.15) is 0 Å². The lowest BCUT2D eigenvalue weighted by molar-refractivity contribution is -0.146. The van der Waals surface area contributed by atoms with Crippen LogP contribution < -0.4 is 0 Å². The van der Waals surface area contributed by atoms with Crippen molar-refractivity contribution >= 4 is 52.3 Å². The third-order valence-corrected chi connectivity index (χ3v) is 13.1. The standard InChI is InChI=1S/C58H57N5O2/c1-6-7-8-9-21-41(58(64)65-5)23-16-22-40-24-17-36-59-57(40)56-51-34-32-49(62-51)54(43-26-14-11-19-38(43)3)47-30-28-45(60-47)53(42-25-13-10-18-37(42)2)46-29-31-48(61-46)55(50-33-35-52(56)63-50)44-27-15-12-20-39(44)4/h10-15,17-20,24-36,41,60,63H,6-9,16,21-23H2,1-5H3. The highest BCUT2D eigenvalue weighted by atomic mass is 16.5. The quantitative estimate of drug-likeness (QED) is 0.0839. The molecular formula is C58H57N5O2. The molecule has 0 aliphatic carbocycles. The summed E-state index contributed by atoms with van der Waals surface area (Å²) in [6.45, 7) is 8.69. The number of ether oxygens (including phenoxy) is 1. The first-order valence-corrected chi connectivity index (χ1v) is 23.2. The average molecular weight is 856 g/mol. The minimum absolute atomic E-state index is 0.112. The molecule has 0 saturated heterocycles. The maximum Gasteiger partial charge on any atom is 0.308 e. The highest BCUT2D eigenvalue weighted by molar-refractivity contribution is 6.00. The van der Waals surface area contributed by atoms with Gasteiger partial charge in [0.2, 0.25) is 0 Å². The SMILES string of the molecule is CCCCCCC(CCCc1cccnc1-c1c2nc(c(-c3ccccc3C)c3ccc([nH]3)c(-c3ccccc3C)c3nc(c(-c4ccccc4C)c4ccc1[nH]4)C=C3)C=C2)C(=O)OC. The molecule has 0 saturated carbocycles. The van der Waals surface area contributed by atoms with E-state index in [0.29, 0.717) is 0 Å². The molecule has 0 amide bonds. The fraction of sp³-hybridized carbons (Fsp3) is 0.241. The van der Waals surface area contributed by atoms with Gasteiger partial charge in [0.15, 0.2) is 0 Å². The summed E-state index contributed by atoms with van der Waals surface area (Å²) in [6, 6.07) is 38.5. The first-order valence-electron chi connectivity index (χ1n) is 23.2. The van der Waals surface area contributed by atoms with Gasteiger partial charge in [0, 0.05) is 45.0 Å². The van der Waals surface area contributed by atoms with E-state index in [1.165, 1.54) is 19.1 Å². The number of unbranched alkanes of at least 4 members (excludes halogenated alkanes) is 3. The number of pyridine rings is 1. The van der Waals surface area contributed by atoms with Gasteiger partial charge in [-0.2, -0.15) is 0 Å². The van der Waals surface area contributed by atoms with Gasteiger partial charge in [-0.15, -0.1) is 0 Å². The fourth-order valence-electron chi connectivity index (χ4n) is 9.63. The molecule has 65 heavy (non-hydrogen) atoms. The van der Waals surface area contributed by atoms with Crippen LogP contribution in [-0.4, -0.2) is 38.0 Å². The molecule has 9 rings (SSSR count). The molecule has 2 N–H and O–H groups in total. The third kappa shape index (κ3) is 8.88. The van der Waals surface area contributed by atoms with Crippen LogP contribution >= 0.6 is 0 Å². The van der Waals surface area contributed by atoms with Crippen LogP contribution in [0.2, 0.25) is 0 Å². The van der Waals surface area contributed by atoms with Crippen LogP contribution in [0.15, 0.2) is 115 Å². The lowest BCUT2D eigenvalue weighted by Crippen LogP contribution is -2.16. The minimum atomic E-state index is -0.118. The van der Waals surface area contributed by atoms with Crippen molar-refractivity contribution in [1.29, 1.82) is 0 Å². The number of nitrogens with one attached hydrogen (secondary N) is 2. The van der Waals surface area contributed by atoms with E-state index in [9.17, 15) is 4.79 Å². The van der Waals surface area contributed by atoms with Crippen LogP contribution in [-0.2, 0) is 16.0 Å². The largest absolute Gasteiger partial charge is 0.469 e.